The van der Waals surface area contributed by atoms with Crippen molar-refractivity contribution < 1.29 is 9.90 Å². The molecule has 4 aliphatic carbocycles. The van der Waals surface area contributed by atoms with Gasteiger partial charge in [-0.25, -0.2) is 0 Å². The first-order valence-corrected chi connectivity index (χ1v) is 11.4. The van der Waals surface area contributed by atoms with Gasteiger partial charge in [0, 0.05) is 5.92 Å². The van der Waals surface area contributed by atoms with Crippen LogP contribution in [0.1, 0.15) is 92.4 Å². The van der Waals surface area contributed by atoms with E-state index in [1.54, 1.807) is 0 Å². The molecule has 4 aliphatic rings. The van der Waals surface area contributed by atoms with Crippen LogP contribution < -0.4 is 0 Å². The van der Waals surface area contributed by atoms with Crippen LogP contribution >= 0.6 is 0 Å². The van der Waals surface area contributed by atoms with Gasteiger partial charge in [-0.3, -0.25) is 4.79 Å². The molecule has 4 saturated carbocycles. The van der Waals surface area contributed by atoms with Gasteiger partial charge in [0.05, 0.1) is 5.60 Å². The molecule has 0 heterocycles. The van der Waals surface area contributed by atoms with Crippen molar-refractivity contribution in [2.24, 2.45) is 46.3 Å². The molecule has 2 heteroatoms. The standard InChI is InChI=1S/C24H40O2/c1-6-24(26)12-11-22(4)17(14-24)7-8-18-19(22)9-10-23(5)20(16(3)25)13-15(2)21(18)23/h15,17-21,26H,6-14H2,1-5H3/t15-,17-,18+,19-,20+,21-,22-,23+,24-/m0/s1. The lowest BCUT2D eigenvalue weighted by molar-refractivity contribution is -0.157. The zero-order chi connectivity index (χ0) is 18.9. The maximum atomic E-state index is 12.4. The van der Waals surface area contributed by atoms with E-state index < -0.39 is 5.60 Å². The van der Waals surface area contributed by atoms with Crippen LogP contribution in [-0.2, 0) is 4.79 Å². The fourth-order valence-corrected chi connectivity index (χ4v) is 8.82. The molecule has 0 saturated heterocycles. The fraction of sp³-hybridized carbons (Fsp3) is 0.958. The predicted molar refractivity (Wildman–Crippen MR) is 106 cm³/mol. The van der Waals surface area contributed by atoms with Crippen molar-refractivity contribution in [2.75, 3.05) is 0 Å². The normalized spacial score (nSPS) is 56.4. The van der Waals surface area contributed by atoms with Gasteiger partial charge in [0.2, 0.25) is 0 Å². The Morgan fingerprint density at radius 1 is 1.08 bits per heavy atom. The minimum absolute atomic E-state index is 0.244. The number of carbonyl (C=O) groups excluding carboxylic acids is 1. The molecular formula is C24H40O2. The van der Waals surface area contributed by atoms with Crippen LogP contribution in [0.15, 0.2) is 0 Å². The summed E-state index contributed by atoms with van der Waals surface area (Å²) in [6, 6.07) is 0. The summed E-state index contributed by atoms with van der Waals surface area (Å²) in [6.45, 7) is 11.4. The average Bonchev–Trinajstić information content (AvgIpc) is 2.87. The SMILES string of the molecule is CC[C@]1(O)CC[C@@]2(C)[C@@H](CC[C@H]3[C@@H]4[C@@H](C)C[C@H](C(C)=O)[C@@]4(C)CC[C@@H]32)C1. The summed E-state index contributed by atoms with van der Waals surface area (Å²) < 4.78 is 0. The van der Waals surface area contributed by atoms with E-state index in [-0.39, 0.29) is 5.41 Å². The Kier molecular flexibility index (Phi) is 4.42. The quantitative estimate of drug-likeness (QED) is 0.694. The molecule has 0 spiro atoms. The monoisotopic (exact) mass is 360 g/mol. The minimum Gasteiger partial charge on any atom is -0.390 e. The summed E-state index contributed by atoms with van der Waals surface area (Å²) in [6.07, 6.45) is 10.4. The van der Waals surface area contributed by atoms with Crippen molar-refractivity contribution in [2.45, 2.75) is 98.0 Å². The van der Waals surface area contributed by atoms with Crippen LogP contribution in [-0.4, -0.2) is 16.5 Å². The van der Waals surface area contributed by atoms with E-state index in [4.69, 9.17) is 0 Å². The van der Waals surface area contributed by atoms with Crippen LogP contribution in [0.25, 0.3) is 0 Å². The Labute approximate surface area is 160 Å². The van der Waals surface area contributed by atoms with Crippen molar-refractivity contribution in [3.05, 3.63) is 0 Å². The van der Waals surface area contributed by atoms with E-state index in [9.17, 15) is 9.90 Å². The number of aliphatic hydroxyl groups is 1. The molecule has 0 unspecified atom stereocenters. The third kappa shape index (κ3) is 2.50. The molecule has 0 radical (unpaired) electrons. The average molecular weight is 361 g/mol. The van der Waals surface area contributed by atoms with Crippen LogP contribution in [0, 0.1) is 46.3 Å². The molecule has 1 N–H and O–H groups in total. The number of carbonyl (C=O) groups is 1. The summed E-state index contributed by atoms with van der Waals surface area (Å²) in [5, 5.41) is 10.9. The predicted octanol–water partition coefficient (Wildman–Crippen LogP) is 5.62. The molecule has 0 aromatic carbocycles. The first-order valence-electron chi connectivity index (χ1n) is 11.4. The maximum absolute atomic E-state index is 12.4. The number of fused-ring (bicyclic) bond motifs is 5. The van der Waals surface area contributed by atoms with Crippen molar-refractivity contribution in [1.82, 2.24) is 0 Å². The molecule has 148 valence electrons. The third-order valence-corrected chi connectivity index (χ3v) is 10.3. The van der Waals surface area contributed by atoms with Gasteiger partial charge in [-0.05, 0) is 105 Å². The fourth-order valence-electron chi connectivity index (χ4n) is 8.82. The summed E-state index contributed by atoms with van der Waals surface area (Å²) in [5.41, 5.74) is 0.259. The highest BCUT2D eigenvalue weighted by Gasteiger charge is 2.63. The van der Waals surface area contributed by atoms with E-state index in [2.05, 4.69) is 27.7 Å². The van der Waals surface area contributed by atoms with Gasteiger partial charge in [0.25, 0.3) is 0 Å². The Balaban J connectivity index is 1.63. The number of hydrogen-bond donors (Lipinski definition) is 1. The van der Waals surface area contributed by atoms with Crippen LogP contribution in [0.5, 0.6) is 0 Å². The first-order chi connectivity index (χ1) is 12.1. The highest BCUT2D eigenvalue weighted by Crippen LogP contribution is 2.69. The van der Waals surface area contributed by atoms with Gasteiger partial charge in [0.15, 0.2) is 0 Å². The van der Waals surface area contributed by atoms with Crippen LogP contribution in [0.3, 0.4) is 0 Å². The smallest absolute Gasteiger partial charge is 0.133 e. The zero-order valence-electron chi connectivity index (χ0n) is 17.7. The second kappa shape index (κ2) is 6.06. The molecular weight excluding hydrogens is 320 g/mol. The summed E-state index contributed by atoms with van der Waals surface area (Å²) in [4.78, 5) is 12.4. The van der Waals surface area contributed by atoms with Crippen molar-refractivity contribution in [1.29, 1.82) is 0 Å². The van der Waals surface area contributed by atoms with E-state index >= 15 is 0 Å². The molecule has 2 nitrogen and oxygen atoms in total. The number of hydrogen-bond acceptors (Lipinski definition) is 2. The number of rotatable bonds is 2. The van der Waals surface area contributed by atoms with Crippen molar-refractivity contribution >= 4 is 5.78 Å². The van der Waals surface area contributed by atoms with Crippen LogP contribution in [0.2, 0.25) is 0 Å². The second-order valence-electron chi connectivity index (χ2n) is 11.3. The molecule has 4 rings (SSSR count). The molecule has 0 aromatic heterocycles. The minimum atomic E-state index is -0.402. The van der Waals surface area contributed by atoms with Gasteiger partial charge in [-0.15, -0.1) is 0 Å². The van der Waals surface area contributed by atoms with Gasteiger partial charge in [0.1, 0.15) is 5.78 Å². The second-order valence-corrected chi connectivity index (χ2v) is 11.3. The molecule has 26 heavy (non-hydrogen) atoms. The van der Waals surface area contributed by atoms with Gasteiger partial charge in [-0.1, -0.05) is 27.7 Å². The Hall–Kier alpha value is -0.370. The molecule has 0 amide bonds. The lowest BCUT2D eigenvalue weighted by Crippen LogP contribution is -2.56. The number of Topliss-reactive ketones (excluding diaryl/α,β-unsaturated/α-hetero) is 1. The largest absolute Gasteiger partial charge is 0.390 e. The highest BCUT2D eigenvalue weighted by molar-refractivity contribution is 5.79. The van der Waals surface area contributed by atoms with Gasteiger partial charge >= 0.3 is 0 Å². The van der Waals surface area contributed by atoms with Gasteiger partial charge < -0.3 is 5.11 Å². The molecule has 4 fully saturated rings. The zero-order valence-corrected chi connectivity index (χ0v) is 17.7. The lowest BCUT2D eigenvalue weighted by Gasteiger charge is -2.62. The summed E-state index contributed by atoms with van der Waals surface area (Å²) in [7, 11) is 0. The topological polar surface area (TPSA) is 37.3 Å². The third-order valence-electron chi connectivity index (χ3n) is 10.3. The Morgan fingerprint density at radius 3 is 2.46 bits per heavy atom. The van der Waals surface area contributed by atoms with E-state index in [0.29, 0.717) is 29.0 Å². The van der Waals surface area contributed by atoms with E-state index in [0.717, 1.165) is 43.4 Å². The Bertz CT molecular complexity index is 585. The maximum Gasteiger partial charge on any atom is 0.133 e. The lowest BCUT2D eigenvalue weighted by atomic mass is 9.43. The summed E-state index contributed by atoms with van der Waals surface area (Å²) in [5.74, 6) is 4.48. The summed E-state index contributed by atoms with van der Waals surface area (Å²) >= 11 is 0. The van der Waals surface area contributed by atoms with Crippen LogP contribution in [0.4, 0.5) is 0 Å². The Morgan fingerprint density at radius 2 is 1.81 bits per heavy atom. The van der Waals surface area contributed by atoms with E-state index in [1.807, 2.05) is 6.92 Å². The molecule has 0 bridgehead atoms. The van der Waals surface area contributed by atoms with Crippen molar-refractivity contribution in [3.63, 3.8) is 0 Å². The first kappa shape index (κ1) is 19.0. The highest BCUT2D eigenvalue weighted by atomic mass is 16.3. The number of ketones is 1. The molecule has 9 atom stereocenters. The van der Waals surface area contributed by atoms with Crippen molar-refractivity contribution in [3.8, 4) is 0 Å². The molecule has 0 aliphatic heterocycles. The van der Waals surface area contributed by atoms with E-state index in [1.165, 1.54) is 32.1 Å². The van der Waals surface area contributed by atoms with Gasteiger partial charge in [-0.2, -0.15) is 0 Å². The molecule has 0 aromatic rings.